The molecule has 1 N–H and O–H groups in total. The van der Waals surface area contributed by atoms with Gasteiger partial charge in [0, 0.05) is 23.6 Å². The lowest BCUT2D eigenvalue weighted by Crippen LogP contribution is -2.06. The predicted octanol–water partition coefficient (Wildman–Crippen LogP) is 7.32. The number of allylic oxidation sites excluding steroid dienone is 1. The van der Waals surface area contributed by atoms with Crippen LogP contribution in [0.2, 0.25) is 5.02 Å². The molecule has 3 rings (SSSR count). The number of alkyl halides is 3. The van der Waals surface area contributed by atoms with Crippen molar-refractivity contribution in [1.29, 1.82) is 0 Å². The minimum atomic E-state index is -4.51. The molecule has 0 aliphatic carbocycles. The SMILES string of the molecule is C/C=C/c1cc(Oc2ccc(Nc3ccc(Cl)c(C(F)(F)F)c3)cc2)ccn1. The van der Waals surface area contributed by atoms with Gasteiger partial charge in [0.2, 0.25) is 0 Å². The Kier molecular flexibility index (Phi) is 5.90. The first-order valence-corrected chi connectivity index (χ1v) is 8.73. The van der Waals surface area contributed by atoms with Crippen LogP contribution in [0.3, 0.4) is 0 Å². The summed E-state index contributed by atoms with van der Waals surface area (Å²) in [6, 6.07) is 14.1. The molecule has 0 aliphatic rings. The fourth-order valence-corrected chi connectivity index (χ4v) is 2.71. The Labute approximate surface area is 165 Å². The first-order chi connectivity index (χ1) is 13.3. The quantitative estimate of drug-likeness (QED) is 0.483. The van der Waals surface area contributed by atoms with E-state index in [0.717, 1.165) is 11.8 Å². The van der Waals surface area contributed by atoms with Gasteiger partial charge >= 0.3 is 6.18 Å². The highest BCUT2D eigenvalue weighted by Gasteiger charge is 2.33. The molecule has 28 heavy (non-hydrogen) atoms. The molecule has 0 fully saturated rings. The number of ether oxygens (including phenoxy) is 1. The molecule has 2 aromatic carbocycles. The number of anilines is 2. The van der Waals surface area contributed by atoms with E-state index in [0.29, 0.717) is 17.2 Å². The van der Waals surface area contributed by atoms with Gasteiger partial charge in [-0.3, -0.25) is 4.98 Å². The minimum absolute atomic E-state index is 0.288. The maximum absolute atomic E-state index is 13.0. The Morgan fingerprint density at radius 1 is 0.964 bits per heavy atom. The van der Waals surface area contributed by atoms with E-state index in [4.69, 9.17) is 16.3 Å². The maximum Gasteiger partial charge on any atom is 0.417 e. The van der Waals surface area contributed by atoms with Crippen molar-refractivity contribution < 1.29 is 17.9 Å². The number of halogens is 4. The van der Waals surface area contributed by atoms with Crippen molar-refractivity contribution in [3.63, 3.8) is 0 Å². The summed E-state index contributed by atoms with van der Waals surface area (Å²) < 4.78 is 44.7. The molecule has 0 aliphatic heterocycles. The van der Waals surface area contributed by atoms with E-state index in [1.807, 2.05) is 19.1 Å². The van der Waals surface area contributed by atoms with Gasteiger partial charge in [-0.05, 0) is 61.5 Å². The van der Waals surface area contributed by atoms with Gasteiger partial charge in [-0.1, -0.05) is 17.7 Å². The molecule has 0 unspecified atom stereocenters. The average molecular weight is 405 g/mol. The molecule has 0 saturated carbocycles. The van der Waals surface area contributed by atoms with E-state index in [1.165, 1.54) is 12.1 Å². The smallest absolute Gasteiger partial charge is 0.417 e. The average Bonchev–Trinajstić information content (AvgIpc) is 2.65. The van der Waals surface area contributed by atoms with Gasteiger partial charge in [0.1, 0.15) is 11.5 Å². The van der Waals surface area contributed by atoms with E-state index >= 15 is 0 Å². The second kappa shape index (κ2) is 8.35. The zero-order chi connectivity index (χ0) is 20.1. The minimum Gasteiger partial charge on any atom is -0.457 e. The molecule has 144 valence electrons. The summed E-state index contributed by atoms with van der Waals surface area (Å²) >= 11 is 5.64. The number of hydrogen-bond donors (Lipinski definition) is 1. The number of pyridine rings is 1. The third-order valence-corrected chi connectivity index (χ3v) is 4.07. The zero-order valence-corrected chi connectivity index (χ0v) is 15.6. The highest BCUT2D eigenvalue weighted by molar-refractivity contribution is 6.31. The number of rotatable bonds is 5. The van der Waals surface area contributed by atoms with Crippen molar-refractivity contribution >= 4 is 29.1 Å². The number of aromatic nitrogens is 1. The van der Waals surface area contributed by atoms with Crippen LogP contribution < -0.4 is 10.1 Å². The first kappa shape index (κ1) is 19.8. The van der Waals surface area contributed by atoms with Crippen LogP contribution in [0, 0.1) is 0 Å². The monoisotopic (exact) mass is 404 g/mol. The summed E-state index contributed by atoms with van der Waals surface area (Å²) in [6.07, 6.45) is 0.886. The van der Waals surface area contributed by atoms with Gasteiger partial charge in [0.15, 0.2) is 0 Å². The lowest BCUT2D eigenvalue weighted by Gasteiger charge is -2.13. The molecule has 7 heteroatoms. The fraction of sp³-hybridized carbons (Fsp3) is 0.0952. The van der Waals surface area contributed by atoms with Crippen LogP contribution in [0.25, 0.3) is 6.08 Å². The zero-order valence-electron chi connectivity index (χ0n) is 14.8. The Morgan fingerprint density at radius 3 is 2.36 bits per heavy atom. The first-order valence-electron chi connectivity index (χ1n) is 8.35. The molecule has 3 aromatic rings. The van der Waals surface area contributed by atoms with E-state index in [2.05, 4.69) is 10.3 Å². The highest BCUT2D eigenvalue weighted by atomic mass is 35.5. The summed E-state index contributed by atoms with van der Waals surface area (Å²) in [7, 11) is 0. The summed E-state index contributed by atoms with van der Waals surface area (Å²) in [6.45, 7) is 1.90. The van der Waals surface area contributed by atoms with Crippen LogP contribution in [0.15, 0.2) is 66.9 Å². The number of nitrogens with zero attached hydrogens (tertiary/aromatic N) is 1. The Bertz CT molecular complexity index is 986. The van der Waals surface area contributed by atoms with E-state index in [1.54, 1.807) is 42.6 Å². The van der Waals surface area contributed by atoms with Crippen LogP contribution in [0.5, 0.6) is 11.5 Å². The van der Waals surface area contributed by atoms with Gasteiger partial charge in [0.05, 0.1) is 16.3 Å². The van der Waals surface area contributed by atoms with E-state index < -0.39 is 11.7 Å². The number of hydrogen-bond acceptors (Lipinski definition) is 3. The van der Waals surface area contributed by atoms with Gasteiger partial charge in [-0.15, -0.1) is 0 Å². The number of benzene rings is 2. The molecule has 0 bridgehead atoms. The molecule has 3 nitrogen and oxygen atoms in total. The van der Waals surface area contributed by atoms with Crippen molar-refractivity contribution in [3.05, 3.63) is 83.2 Å². The standard InChI is InChI=1S/C21H16ClF3N2O/c1-2-3-15-12-18(10-11-26-15)28-17-7-4-14(5-8-17)27-16-6-9-20(22)19(13-16)21(23,24)25/h2-13,27H,1H3/b3-2+. The lowest BCUT2D eigenvalue weighted by atomic mass is 10.2. The Balaban J connectivity index is 1.72. The van der Waals surface area contributed by atoms with Gasteiger partial charge in [-0.25, -0.2) is 0 Å². The van der Waals surface area contributed by atoms with Crippen molar-refractivity contribution in [2.24, 2.45) is 0 Å². The van der Waals surface area contributed by atoms with Crippen molar-refractivity contribution in [1.82, 2.24) is 4.98 Å². The largest absolute Gasteiger partial charge is 0.457 e. The van der Waals surface area contributed by atoms with Crippen LogP contribution in [0.1, 0.15) is 18.2 Å². The molecule has 0 atom stereocenters. The second-order valence-electron chi connectivity index (χ2n) is 5.86. The van der Waals surface area contributed by atoms with Gasteiger partial charge in [0.25, 0.3) is 0 Å². The number of nitrogens with one attached hydrogen (secondary N) is 1. The molecule has 0 saturated heterocycles. The van der Waals surface area contributed by atoms with Crippen molar-refractivity contribution in [2.45, 2.75) is 13.1 Å². The van der Waals surface area contributed by atoms with Crippen LogP contribution in [-0.4, -0.2) is 4.98 Å². The lowest BCUT2D eigenvalue weighted by molar-refractivity contribution is -0.137. The highest BCUT2D eigenvalue weighted by Crippen LogP contribution is 2.36. The van der Waals surface area contributed by atoms with Gasteiger partial charge in [-0.2, -0.15) is 13.2 Å². The molecule has 1 heterocycles. The van der Waals surface area contributed by atoms with E-state index in [9.17, 15) is 13.2 Å². The Hall–Kier alpha value is -2.99. The molecule has 0 radical (unpaired) electrons. The molecule has 0 spiro atoms. The summed E-state index contributed by atoms with van der Waals surface area (Å²) in [5.74, 6) is 1.23. The topological polar surface area (TPSA) is 34.1 Å². The van der Waals surface area contributed by atoms with E-state index in [-0.39, 0.29) is 10.7 Å². The summed E-state index contributed by atoms with van der Waals surface area (Å²) in [5, 5.41) is 2.59. The molecule has 0 amide bonds. The van der Waals surface area contributed by atoms with Gasteiger partial charge < -0.3 is 10.1 Å². The third kappa shape index (κ3) is 5.04. The Morgan fingerprint density at radius 2 is 1.68 bits per heavy atom. The van der Waals surface area contributed by atoms with Crippen molar-refractivity contribution in [2.75, 3.05) is 5.32 Å². The molecular formula is C21H16ClF3N2O. The maximum atomic E-state index is 13.0. The normalized spacial score (nSPS) is 11.6. The predicted molar refractivity (Wildman–Crippen MR) is 105 cm³/mol. The van der Waals surface area contributed by atoms with Crippen molar-refractivity contribution in [3.8, 4) is 11.5 Å². The van der Waals surface area contributed by atoms with Crippen LogP contribution in [-0.2, 0) is 6.18 Å². The third-order valence-electron chi connectivity index (χ3n) is 3.74. The second-order valence-corrected chi connectivity index (χ2v) is 6.27. The molecule has 1 aromatic heterocycles. The fourth-order valence-electron chi connectivity index (χ4n) is 2.48. The molecular weight excluding hydrogens is 389 g/mol. The van der Waals surface area contributed by atoms with Crippen LogP contribution in [0.4, 0.5) is 24.5 Å². The summed E-state index contributed by atoms with van der Waals surface area (Å²) in [5.41, 5.74) is 0.804. The summed E-state index contributed by atoms with van der Waals surface area (Å²) in [4.78, 5) is 4.20. The van der Waals surface area contributed by atoms with Crippen LogP contribution >= 0.6 is 11.6 Å².